The number of rotatable bonds is 5. The van der Waals surface area contributed by atoms with Crippen molar-refractivity contribution in [2.45, 2.75) is 45.2 Å². The lowest BCUT2D eigenvalue weighted by Gasteiger charge is -2.29. The van der Waals surface area contributed by atoms with Crippen LogP contribution in [0.4, 0.5) is 9.18 Å². The van der Waals surface area contributed by atoms with Crippen LogP contribution >= 0.6 is 0 Å². The van der Waals surface area contributed by atoms with E-state index in [2.05, 4.69) is 17.6 Å². The normalized spacial score (nSPS) is 20.7. The summed E-state index contributed by atoms with van der Waals surface area (Å²) < 4.78 is 13.6. The van der Waals surface area contributed by atoms with Crippen molar-refractivity contribution in [2.24, 2.45) is 5.92 Å². The Morgan fingerprint density at radius 2 is 1.96 bits per heavy atom. The van der Waals surface area contributed by atoms with Crippen LogP contribution in [0.25, 0.3) is 0 Å². The topological polar surface area (TPSA) is 61.4 Å². The molecule has 0 spiro atoms. The minimum Gasteiger partial charge on any atom is -0.335 e. The van der Waals surface area contributed by atoms with E-state index in [0.29, 0.717) is 18.0 Å². The molecule has 2 rings (SSSR count). The third-order valence-electron chi connectivity index (χ3n) is 4.49. The van der Waals surface area contributed by atoms with Gasteiger partial charge in [-0.25, -0.2) is 9.18 Å². The molecule has 0 aliphatic heterocycles. The van der Waals surface area contributed by atoms with Crippen LogP contribution in [0.15, 0.2) is 24.3 Å². The van der Waals surface area contributed by atoms with Gasteiger partial charge in [-0.1, -0.05) is 38.0 Å². The predicted octanol–water partition coefficient (Wildman–Crippen LogP) is 2.66. The summed E-state index contributed by atoms with van der Waals surface area (Å²) in [6.07, 6.45) is 4.36. The summed E-state index contributed by atoms with van der Waals surface area (Å²) in [5, 5.41) is 5.24. The standard InChI is InChI=1S/C18H26FN3O2/c1-13-7-3-6-10-16(13)20-18(24)21-17(23)12-22(2)11-14-8-4-5-9-15(14)19/h4-5,8-9,13,16H,3,6-7,10-12H2,1-2H3,(H2,20,21,23,24). The number of nitrogens with one attached hydrogen (secondary N) is 2. The van der Waals surface area contributed by atoms with Gasteiger partial charge in [0, 0.05) is 18.2 Å². The Kier molecular flexibility index (Phi) is 6.73. The fourth-order valence-electron chi connectivity index (χ4n) is 3.12. The van der Waals surface area contributed by atoms with Crippen molar-refractivity contribution in [2.75, 3.05) is 13.6 Å². The van der Waals surface area contributed by atoms with Crippen LogP contribution in [-0.4, -0.2) is 36.5 Å². The van der Waals surface area contributed by atoms with Crippen LogP contribution in [0.5, 0.6) is 0 Å². The largest absolute Gasteiger partial charge is 0.335 e. The maximum atomic E-state index is 13.6. The van der Waals surface area contributed by atoms with Gasteiger partial charge < -0.3 is 5.32 Å². The van der Waals surface area contributed by atoms with Gasteiger partial charge in [0.15, 0.2) is 0 Å². The van der Waals surface area contributed by atoms with E-state index in [0.717, 1.165) is 19.3 Å². The number of benzene rings is 1. The van der Waals surface area contributed by atoms with Gasteiger partial charge in [-0.05, 0) is 31.9 Å². The lowest BCUT2D eigenvalue weighted by atomic mass is 9.86. The molecule has 1 aliphatic rings. The highest BCUT2D eigenvalue weighted by atomic mass is 19.1. The van der Waals surface area contributed by atoms with Crippen LogP contribution in [0, 0.1) is 11.7 Å². The van der Waals surface area contributed by atoms with Gasteiger partial charge in [-0.2, -0.15) is 0 Å². The molecule has 0 saturated heterocycles. The van der Waals surface area contributed by atoms with Crippen LogP contribution in [0.1, 0.15) is 38.2 Å². The Balaban J connectivity index is 1.75. The molecule has 0 heterocycles. The third kappa shape index (κ3) is 5.60. The van der Waals surface area contributed by atoms with Crippen molar-refractivity contribution in [3.8, 4) is 0 Å². The zero-order chi connectivity index (χ0) is 17.5. The van der Waals surface area contributed by atoms with Crippen molar-refractivity contribution >= 4 is 11.9 Å². The lowest BCUT2D eigenvalue weighted by molar-refractivity contribution is -0.121. The van der Waals surface area contributed by atoms with E-state index in [1.807, 2.05) is 0 Å². The number of nitrogens with zero attached hydrogens (tertiary/aromatic N) is 1. The molecule has 1 fully saturated rings. The summed E-state index contributed by atoms with van der Waals surface area (Å²) >= 11 is 0. The smallest absolute Gasteiger partial charge is 0.321 e. The molecule has 5 nitrogen and oxygen atoms in total. The summed E-state index contributed by atoms with van der Waals surface area (Å²) in [7, 11) is 1.72. The lowest BCUT2D eigenvalue weighted by Crippen LogP contribution is -2.49. The third-order valence-corrected chi connectivity index (χ3v) is 4.49. The molecule has 2 unspecified atom stereocenters. The van der Waals surface area contributed by atoms with E-state index in [-0.39, 0.29) is 18.4 Å². The average molecular weight is 335 g/mol. The van der Waals surface area contributed by atoms with Gasteiger partial charge in [0.2, 0.25) is 5.91 Å². The highest BCUT2D eigenvalue weighted by Crippen LogP contribution is 2.23. The summed E-state index contributed by atoms with van der Waals surface area (Å²) in [5.41, 5.74) is 0.522. The highest BCUT2D eigenvalue weighted by Gasteiger charge is 2.23. The number of halogens is 1. The number of carbonyl (C=O) groups excluding carboxylic acids is 2. The molecule has 2 atom stereocenters. The van der Waals surface area contributed by atoms with Crippen LogP contribution in [0.2, 0.25) is 0 Å². The first-order valence-corrected chi connectivity index (χ1v) is 8.48. The number of amides is 3. The van der Waals surface area contributed by atoms with Gasteiger partial charge in [0.05, 0.1) is 6.54 Å². The molecule has 1 aliphatic carbocycles. The van der Waals surface area contributed by atoms with Gasteiger partial charge in [-0.3, -0.25) is 15.0 Å². The Morgan fingerprint density at radius 3 is 2.67 bits per heavy atom. The monoisotopic (exact) mass is 335 g/mol. The first-order chi connectivity index (χ1) is 11.5. The van der Waals surface area contributed by atoms with E-state index < -0.39 is 11.9 Å². The van der Waals surface area contributed by atoms with Crippen LogP contribution < -0.4 is 10.6 Å². The maximum Gasteiger partial charge on any atom is 0.321 e. The molecule has 1 aromatic rings. The van der Waals surface area contributed by atoms with Crippen LogP contribution in [-0.2, 0) is 11.3 Å². The van der Waals surface area contributed by atoms with Crippen molar-refractivity contribution < 1.29 is 14.0 Å². The zero-order valence-electron chi connectivity index (χ0n) is 14.3. The fraction of sp³-hybridized carbons (Fsp3) is 0.556. The quantitative estimate of drug-likeness (QED) is 0.870. The molecular weight excluding hydrogens is 309 g/mol. The van der Waals surface area contributed by atoms with Crippen molar-refractivity contribution in [1.29, 1.82) is 0 Å². The van der Waals surface area contributed by atoms with E-state index in [9.17, 15) is 14.0 Å². The number of carbonyl (C=O) groups is 2. The van der Waals surface area contributed by atoms with E-state index in [1.165, 1.54) is 12.5 Å². The maximum absolute atomic E-state index is 13.6. The first-order valence-electron chi connectivity index (χ1n) is 8.48. The van der Waals surface area contributed by atoms with Crippen LogP contribution in [0.3, 0.4) is 0 Å². The molecule has 0 aromatic heterocycles. The number of hydrogen-bond donors (Lipinski definition) is 2. The van der Waals surface area contributed by atoms with Gasteiger partial charge in [0.1, 0.15) is 5.82 Å². The highest BCUT2D eigenvalue weighted by molar-refractivity contribution is 5.95. The molecule has 2 N–H and O–H groups in total. The molecule has 0 bridgehead atoms. The zero-order valence-corrected chi connectivity index (χ0v) is 14.3. The summed E-state index contributed by atoms with van der Waals surface area (Å²) in [5.74, 6) is -0.257. The second-order valence-electron chi connectivity index (χ2n) is 6.65. The molecular formula is C18H26FN3O2. The number of urea groups is 1. The molecule has 3 amide bonds. The van der Waals surface area contributed by atoms with Crippen molar-refractivity contribution in [3.05, 3.63) is 35.6 Å². The number of imide groups is 1. The molecule has 1 saturated carbocycles. The van der Waals surface area contributed by atoms with E-state index in [4.69, 9.17) is 0 Å². The average Bonchev–Trinajstić information content (AvgIpc) is 2.51. The Hall–Kier alpha value is -1.95. The molecule has 6 heteroatoms. The summed E-state index contributed by atoms with van der Waals surface area (Å²) in [6, 6.07) is 6.14. The second kappa shape index (κ2) is 8.78. The van der Waals surface area contributed by atoms with E-state index in [1.54, 1.807) is 30.1 Å². The summed E-state index contributed by atoms with van der Waals surface area (Å²) in [6.45, 7) is 2.46. The fourth-order valence-corrected chi connectivity index (χ4v) is 3.12. The van der Waals surface area contributed by atoms with Crippen molar-refractivity contribution in [1.82, 2.24) is 15.5 Å². The van der Waals surface area contributed by atoms with Gasteiger partial charge in [-0.15, -0.1) is 0 Å². The SMILES string of the molecule is CC1CCCCC1NC(=O)NC(=O)CN(C)Cc1ccccc1F. The molecule has 0 radical (unpaired) electrons. The molecule has 24 heavy (non-hydrogen) atoms. The van der Waals surface area contributed by atoms with Gasteiger partial charge in [0.25, 0.3) is 0 Å². The Morgan fingerprint density at radius 1 is 1.25 bits per heavy atom. The number of likely N-dealkylation sites (N-methyl/N-ethyl adjacent to an activating group) is 1. The predicted molar refractivity (Wildman–Crippen MR) is 90.8 cm³/mol. The number of hydrogen-bond acceptors (Lipinski definition) is 3. The second-order valence-corrected chi connectivity index (χ2v) is 6.65. The summed E-state index contributed by atoms with van der Waals surface area (Å²) in [4.78, 5) is 25.6. The Labute approximate surface area is 142 Å². The first kappa shape index (κ1) is 18.4. The molecule has 1 aromatic carbocycles. The molecule has 132 valence electrons. The minimum absolute atomic E-state index is 0.0297. The van der Waals surface area contributed by atoms with Crippen molar-refractivity contribution in [3.63, 3.8) is 0 Å². The Bertz CT molecular complexity index is 579. The minimum atomic E-state index is -0.446. The van der Waals surface area contributed by atoms with Gasteiger partial charge >= 0.3 is 6.03 Å². The van der Waals surface area contributed by atoms with E-state index >= 15 is 0 Å².